The monoisotopic (exact) mass is 332 g/mol. The summed E-state index contributed by atoms with van der Waals surface area (Å²) < 4.78 is 5.20. The van der Waals surface area contributed by atoms with Gasteiger partial charge in [0.1, 0.15) is 5.75 Å². The van der Waals surface area contributed by atoms with Crippen LogP contribution in [0.25, 0.3) is 10.9 Å². The Hall–Kier alpha value is -2.88. The van der Waals surface area contributed by atoms with E-state index in [1.54, 1.807) is 7.11 Å². The number of aromatic nitrogens is 1. The molecule has 126 valence electrons. The van der Waals surface area contributed by atoms with Gasteiger partial charge in [0.15, 0.2) is 5.78 Å². The van der Waals surface area contributed by atoms with Crippen LogP contribution >= 0.6 is 0 Å². The quantitative estimate of drug-likeness (QED) is 0.770. The molecule has 0 radical (unpaired) electrons. The Morgan fingerprint density at radius 1 is 1.08 bits per heavy atom. The molecule has 1 N–H and O–H groups in total. The third-order valence-electron chi connectivity index (χ3n) is 4.69. The number of hydrogen-bond acceptors (Lipinski definition) is 4. The van der Waals surface area contributed by atoms with E-state index in [1.165, 1.54) is 0 Å². The van der Waals surface area contributed by atoms with Gasteiger partial charge in [-0.05, 0) is 36.6 Å². The van der Waals surface area contributed by atoms with E-state index in [-0.39, 0.29) is 5.78 Å². The minimum Gasteiger partial charge on any atom is -0.497 e. The van der Waals surface area contributed by atoms with Crippen LogP contribution in [0.4, 0.5) is 5.69 Å². The molecule has 0 amide bonds. The molecule has 0 saturated heterocycles. The minimum absolute atomic E-state index is 0.191. The largest absolute Gasteiger partial charge is 0.497 e. The van der Waals surface area contributed by atoms with Gasteiger partial charge in [0.05, 0.1) is 29.6 Å². The molecule has 0 unspecified atom stereocenters. The summed E-state index contributed by atoms with van der Waals surface area (Å²) in [6, 6.07) is 16.0. The Bertz CT molecular complexity index is 933. The van der Waals surface area contributed by atoms with Crippen molar-refractivity contribution >= 4 is 22.4 Å². The number of hydrogen-bond donors (Lipinski definition) is 1. The van der Waals surface area contributed by atoms with E-state index in [4.69, 9.17) is 9.72 Å². The molecule has 0 saturated carbocycles. The summed E-state index contributed by atoms with van der Waals surface area (Å²) in [6.07, 6.45) is 2.35. The topological polar surface area (TPSA) is 51.2 Å². The van der Waals surface area contributed by atoms with Gasteiger partial charge in [-0.1, -0.05) is 30.3 Å². The van der Waals surface area contributed by atoms with Gasteiger partial charge in [0.2, 0.25) is 0 Å². The normalized spacial score (nSPS) is 13.6. The van der Waals surface area contributed by atoms with Gasteiger partial charge in [-0.25, -0.2) is 0 Å². The molecule has 4 heteroatoms. The maximum atomic E-state index is 12.5. The zero-order valence-electron chi connectivity index (χ0n) is 14.2. The Labute approximate surface area is 146 Å². The number of anilines is 1. The Morgan fingerprint density at radius 3 is 2.68 bits per heavy atom. The fraction of sp³-hybridized carbons (Fsp3) is 0.238. The highest BCUT2D eigenvalue weighted by Crippen LogP contribution is 2.33. The van der Waals surface area contributed by atoms with Gasteiger partial charge in [-0.15, -0.1) is 0 Å². The molecule has 0 atom stereocenters. The number of methoxy groups -OCH3 is 1. The first-order valence-corrected chi connectivity index (χ1v) is 8.58. The number of aryl methyl sites for hydroxylation is 1. The maximum Gasteiger partial charge on any atom is 0.166 e. The van der Waals surface area contributed by atoms with Crippen molar-refractivity contribution in [2.75, 3.05) is 12.4 Å². The van der Waals surface area contributed by atoms with Crippen LogP contribution in [0, 0.1) is 0 Å². The number of carbonyl (C=O) groups is 1. The predicted octanol–water partition coefficient (Wildman–Crippen LogP) is 4.37. The lowest BCUT2D eigenvalue weighted by atomic mass is 9.91. The first kappa shape index (κ1) is 15.6. The zero-order valence-corrected chi connectivity index (χ0v) is 14.2. The lowest BCUT2D eigenvalue weighted by Gasteiger charge is -2.21. The van der Waals surface area contributed by atoms with Crippen LogP contribution < -0.4 is 10.1 Å². The minimum atomic E-state index is 0.191. The molecule has 1 heterocycles. The molecule has 4 rings (SSSR count). The molecular formula is C21H20N2O2. The van der Waals surface area contributed by atoms with Crippen LogP contribution in [0.15, 0.2) is 48.5 Å². The van der Waals surface area contributed by atoms with Crippen molar-refractivity contribution in [2.24, 2.45) is 0 Å². The number of nitrogens with zero attached hydrogens (tertiary/aromatic N) is 1. The number of carbonyl (C=O) groups excluding carboxylic acids is 1. The van der Waals surface area contributed by atoms with Gasteiger partial charge >= 0.3 is 0 Å². The lowest BCUT2D eigenvalue weighted by Crippen LogP contribution is -2.16. The third kappa shape index (κ3) is 2.95. The number of benzene rings is 2. The second kappa shape index (κ2) is 6.55. The number of Topliss-reactive ketones (excluding diaryl/α,β-unsaturated/α-hetero) is 1. The molecule has 4 nitrogen and oxygen atoms in total. The number of fused-ring (bicyclic) bond motifs is 2. The van der Waals surface area contributed by atoms with Crippen molar-refractivity contribution in [1.29, 1.82) is 0 Å². The van der Waals surface area contributed by atoms with E-state index in [0.29, 0.717) is 13.0 Å². The third-order valence-corrected chi connectivity index (χ3v) is 4.69. The Kier molecular flexibility index (Phi) is 4.10. The van der Waals surface area contributed by atoms with E-state index in [1.807, 2.05) is 48.5 Å². The van der Waals surface area contributed by atoms with Gasteiger partial charge in [0.25, 0.3) is 0 Å². The highest BCUT2D eigenvalue weighted by molar-refractivity contribution is 6.09. The van der Waals surface area contributed by atoms with E-state index in [2.05, 4.69) is 5.32 Å². The van der Waals surface area contributed by atoms with Crippen molar-refractivity contribution in [3.8, 4) is 5.75 Å². The van der Waals surface area contributed by atoms with Crippen molar-refractivity contribution in [3.63, 3.8) is 0 Å². The highest BCUT2D eigenvalue weighted by Gasteiger charge is 2.24. The summed E-state index contributed by atoms with van der Waals surface area (Å²) in [7, 11) is 1.66. The molecule has 2 aromatic carbocycles. The zero-order chi connectivity index (χ0) is 17.2. The molecule has 1 aliphatic carbocycles. The first-order chi connectivity index (χ1) is 12.3. The van der Waals surface area contributed by atoms with Gasteiger partial charge < -0.3 is 10.1 Å². The maximum absolute atomic E-state index is 12.5. The molecule has 0 aliphatic heterocycles. The summed E-state index contributed by atoms with van der Waals surface area (Å²) in [5.41, 5.74) is 4.69. The summed E-state index contributed by atoms with van der Waals surface area (Å²) in [5, 5.41) is 4.50. The van der Waals surface area contributed by atoms with Crippen LogP contribution in [0.5, 0.6) is 5.75 Å². The number of rotatable bonds is 4. The van der Waals surface area contributed by atoms with E-state index >= 15 is 0 Å². The summed E-state index contributed by atoms with van der Waals surface area (Å²) in [5.74, 6) is 1.03. The van der Waals surface area contributed by atoms with Gasteiger partial charge in [-0.2, -0.15) is 0 Å². The average Bonchev–Trinajstić information content (AvgIpc) is 2.66. The van der Waals surface area contributed by atoms with Crippen molar-refractivity contribution < 1.29 is 9.53 Å². The highest BCUT2D eigenvalue weighted by atomic mass is 16.5. The van der Waals surface area contributed by atoms with Crippen LogP contribution in [0.1, 0.15) is 34.5 Å². The molecule has 3 aromatic rings. The number of nitrogens with one attached hydrogen (secondary N) is 1. The predicted molar refractivity (Wildman–Crippen MR) is 99.3 cm³/mol. The van der Waals surface area contributed by atoms with Crippen LogP contribution in [-0.2, 0) is 13.0 Å². The fourth-order valence-electron chi connectivity index (χ4n) is 3.40. The summed E-state index contributed by atoms with van der Waals surface area (Å²) in [4.78, 5) is 17.3. The van der Waals surface area contributed by atoms with Crippen LogP contribution in [0.2, 0.25) is 0 Å². The van der Waals surface area contributed by atoms with Crippen LogP contribution in [0.3, 0.4) is 0 Å². The van der Waals surface area contributed by atoms with Crippen molar-refractivity contribution in [3.05, 3.63) is 65.4 Å². The van der Waals surface area contributed by atoms with E-state index in [0.717, 1.165) is 52.0 Å². The number of para-hydroxylation sites is 1. The summed E-state index contributed by atoms with van der Waals surface area (Å²) >= 11 is 0. The number of pyridine rings is 1. The van der Waals surface area contributed by atoms with Gasteiger partial charge in [-0.3, -0.25) is 9.78 Å². The summed E-state index contributed by atoms with van der Waals surface area (Å²) in [6.45, 7) is 0.651. The molecule has 25 heavy (non-hydrogen) atoms. The second-order valence-electron chi connectivity index (χ2n) is 6.30. The average molecular weight is 332 g/mol. The SMILES string of the molecule is COc1ccc(CNc2c3c(nc4ccccc24)CCCC3=O)cc1. The molecule has 1 aliphatic rings. The molecule has 1 aromatic heterocycles. The molecule has 0 spiro atoms. The van der Waals surface area contributed by atoms with Crippen LogP contribution in [-0.4, -0.2) is 17.9 Å². The Morgan fingerprint density at radius 2 is 1.88 bits per heavy atom. The van der Waals surface area contributed by atoms with Crippen molar-refractivity contribution in [1.82, 2.24) is 4.98 Å². The molecular weight excluding hydrogens is 312 g/mol. The number of ketones is 1. The fourth-order valence-corrected chi connectivity index (χ4v) is 3.40. The smallest absolute Gasteiger partial charge is 0.166 e. The molecule has 0 bridgehead atoms. The van der Waals surface area contributed by atoms with E-state index < -0.39 is 0 Å². The standard InChI is InChI=1S/C21H20N2O2/c1-25-15-11-9-14(10-12-15)13-22-21-16-5-2-3-6-17(16)23-18-7-4-8-19(24)20(18)21/h2-3,5-6,9-12H,4,7-8,13H2,1H3,(H,22,23). The van der Waals surface area contributed by atoms with Crippen molar-refractivity contribution in [2.45, 2.75) is 25.8 Å². The number of ether oxygens (including phenoxy) is 1. The van der Waals surface area contributed by atoms with Gasteiger partial charge in [0, 0.05) is 18.4 Å². The molecule has 0 fully saturated rings. The first-order valence-electron chi connectivity index (χ1n) is 8.58. The van der Waals surface area contributed by atoms with E-state index in [9.17, 15) is 4.79 Å². The second-order valence-corrected chi connectivity index (χ2v) is 6.30. The Balaban J connectivity index is 1.74. The lowest BCUT2D eigenvalue weighted by molar-refractivity contribution is 0.0972.